The van der Waals surface area contributed by atoms with Crippen molar-refractivity contribution in [1.82, 2.24) is 10.2 Å². The van der Waals surface area contributed by atoms with E-state index < -0.39 is 11.0 Å². The van der Waals surface area contributed by atoms with Crippen molar-refractivity contribution in [3.8, 4) is 0 Å². The molecule has 1 atom stereocenters. The fraction of sp³-hybridized carbons (Fsp3) is 0.294. The van der Waals surface area contributed by atoms with Crippen molar-refractivity contribution in [2.24, 2.45) is 0 Å². The lowest BCUT2D eigenvalue weighted by Gasteiger charge is -2.23. The normalized spacial score (nSPS) is 16.6. The lowest BCUT2D eigenvalue weighted by molar-refractivity contribution is -0.385. The Morgan fingerprint density at radius 3 is 2.80 bits per heavy atom. The molecule has 25 heavy (non-hydrogen) atoms. The molecule has 0 aliphatic carbocycles. The summed E-state index contributed by atoms with van der Waals surface area (Å²) in [5, 5.41) is 15.6. The molecule has 0 bridgehead atoms. The van der Waals surface area contributed by atoms with E-state index in [1.54, 1.807) is 35.2 Å². The van der Waals surface area contributed by atoms with Crippen molar-refractivity contribution in [2.75, 3.05) is 6.54 Å². The van der Waals surface area contributed by atoms with Crippen LogP contribution in [0.5, 0.6) is 0 Å². The van der Waals surface area contributed by atoms with Crippen molar-refractivity contribution in [3.63, 3.8) is 0 Å². The highest BCUT2D eigenvalue weighted by Crippen LogP contribution is 2.23. The van der Waals surface area contributed by atoms with E-state index in [4.69, 9.17) is 0 Å². The monoisotopic (exact) mass is 359 g/mol. The van der Waals surface area contributed by atoms with Crippen molar-refractivity contribution < 1.29 is 14.5 Å². The van der Waals surface area contributed by atoms with Gasteiger partial charge in [0.15, 0.2) is 0 Å². The molecule has 1 aromatic carbocycles. The van der Waals surface area contributed by atoms with Gasteiger partial charge in [-0.2, -0.15) is 0 Å². The molecule has 1 N–H and O–H groups in total. The number of hydrogen-bond donors (Lipinski definition) is 1. The summed E-state index contributed by atoms with van der Waals surface area (Å²) in [4.78, 5) is 37.8. The van der Waals surface area contributed by atoms with Crippen molar-refractivity contribution in [3.05, 3.63) is 62.3 Å². The van der Waals surface area contributed by atoms with Gasteiger partial charge in [-0.1, -0.05) is 24.3 Å². The van der Waals surface area contributed by atoms with Crippen molar-refractivity contribution in [1.29, 1.82) is 0 Å². The molecule has 2 amide bonds. The van der Waals surface area contributed by atoms with Crippen LogP contribution in [0.15, 0.2) is 41.8 Å². The summed E-state index contributed by atoms with van der Waals surface area (Å²) in [7, 11) is 0. The van der Waals surface area contributed by atoms with Gasteiger partial charge in [0.1, 0.15) is 6.04 Å². The number of carbonyl (C=O) groups is 2. The maximum absolute atomic E-state index is 12.5. The molecular weight excluding hydrogens is 342 g/mol. The minimum absolute atomic E-state index is 0.0271. The smallest absolute Gasteiger partial charge is 0.274 e. The molecule has 1 saturated heterocycles. The van der Waals surface area contributed by atoms with E-state index in [2.05, 4.69) is 5.32 Å². The first-order valence-electron chi connectivity index (χ1n) is 7.92. The molecule has 2 aromatic rings. The molecule has 8 heteroatoms. The van der Waals surface area contributed by atoms with Crippen molar-refractivity contribution >= 4 is 28.8 Å². The SMILES string of the molecule is O=C(NCc1ccccc1[N+](=O)[O-])[C@@H]1CCCN1C(=O)c1cccs1. The highest BCUT2D eigenvalue weighted by Gasteiger charge is 2.34. The van der Waals surface area contributed by atoms with Crippen LogP contribution in [0.2, 0.25) is 0 Å². The van der Waals surface area contributed by atoms with Crippen LogP contribution in [0.1, 0.15) is 28.1 Å². The standard InChI is InChI=1S/C17H17N3O4S/c21-16(18-11-12-5-1-2-6-13(12)20(23)24)14-7-3-9-19(14)17(22)15-8-4-10-25-15/h1-2,4-6,8,10,14H,3,7,9,11H2,(H,18,21)/t14-/m0/s1. The number of nitro groups is 1. The Bertz CT molecular complexity index is 791. The first-order valence-corrected chi connectivity index (χ1v) is 8.80. The molecule has 2 heterocycles. The highest BCUT2D eigenvalue weighted by molar-refractivity contribution is 7.12. The van der Waals surface area contributed by atoms with E-state index in [1.165, 1.54) is 17.4 Å². The molecule has 0 unspecified atom stereocenters. The third kappa shape index (κ3) is 3.69. The summed E-state index contributed by atoms with van der Waals surface area (Å²) in [6.45, 7) is 0.605. The predicted molar refractivity (Wildman–Crippen MR) is 93.3 cm³/mol. The van der Waals surface area contributed by atoms with Gasteiger partial charge < -0.3 is 10.2 Å². The highest BCUT2D eigenvalue weighted by atomic mass is 32.1. The van der Waals surface area contributed by atoms with Crippen LogP contribution in [-0.2, 0) is 11.3 Å². The van der Waals surface area contributed by atoms with Gasteiger partial charge in [0, 0.05) is 24.7 Å². The van der Waals surface area contributed by atoms with Gasteiger partial charge in [0.05, 0.1) is 9.80 Å². The van der Waals surface area contributed by atoms with Gasteiger partial charge in [-0.3, -0.25) is 19.7 Å². The molecular formula is C17H17N3O4S. The molecule has 1 aliphatic rings. The second kappa shape index (κ2) is 7.43. The Balaban J connectivity index is 1.67. The van der Waals surface area contributed by atoms with Gasteiger partial charge in [-0.15, -0.1) is 11.3 Å². The molecule has 1 aliphatic heterocycles. The third-order valence-electron chi connectivity index (χ3n) is 4.19. The zero-order valence-corrected chi connectivity index (χ0v) is 14.2. The summed E-state index contributed by atoms with van der Waals surface area (Å²) < 4.78 is 0. The lowest BCUT2D eigenvalue weighted by Crippen LogP contribution is -2.45. The number of nitro benzene ring substituents is 1. The molecule has 1 aromatic heterocycles. The topological polar surface area (TPSA) is 92.5 Å². The van der Waals surface area contributed by atoms with Crippen LogP contribution >= 0.6 is 11.3 Å². The second-order valence-corrected chi connectivity index (χ2v) is 6.69. The van der Waals surface area contributed by atoms with E-state index in [-0.39, 0.29) is 24.0 Å². The van der Waals surface area contributed by atoms with E-state index >= 15 is 0 Å². The lowest BCUT2D eigenvalue weighted by atomic mass is 10.1. The number of nitrogens with zero attached hydrogens (tertiary/aromatic N) is 2. The minimum atomic E-state index is -0.530. The fourth-order valence-corrected chi connectivity index (χ4v) is 3.64. The van der Waals surface area contributed by atoms with E-state index in [0.29, 0.717) is 23.4 Å². The van der Waals surface area contributed by atoms with Crippen molar-refractivity contribution in [2.45, 2.75) is 25.4 Å². The summed E-state index contributed by atoms with van der Waals surface area (Å²) in [5.74, 6) is -0.418. The molecule has 0 spiro atoms. The van der Waals surface area contributed by atoms with E-state index in [0.717, 1.165) is 6.42 Å². The number of thiophene rings is 1. The van der Waals surface area contributed by atoms with Crippen LogP contribution in [0, 0.1) is 10.1 Å². The zero-order chi connectivity index (χ0) is 17.8. The number of para-hydroxylation sites is 1. The minimum Gasteiger partial charge on any atom is -0.350 e. The number of likely N-dealkylation sites (tertiary alicyclic amines) is 1. The van der Waals surface area contributed by atoms with Crippen LogP contribution in [0.4, 0.5) is 5.69 Å². The molecule has 3 rings (SSSR count). The van der Waals surface area contributed by atoms with Gasteiger partial charge in [0.25, 0.3) is 11.6 Å². The summed E-state index contributed by atoms with van der Waals surface area (Å²) in [5.41, 5.74) is 0.413. The van der Waals surface area contributed by atoms with Gasteiger partial charge in [-0.05, 0) is 24.3 Å². The predicted octanol–water partition coefficient (Wildman–Crippen LogP) is 2.58. The third-order valence-corrected chi connectivity index (χ3v) is 5.05. The van der Waals surface area contributed by atoms with Crippen LogP contribution < -0.4 is 5.32 Å². The Morgan fingerprint density at radius 1 is 1.28 bits per heavy atom. The largest absolute Gasteiger partial charge is 0.350 e. The van der Waals surface area contributed by atoms with Gasteiger partial charge in [-0.25, -0.2) is 0 Å². The first-order chi connectivity index (χ1) is 12.1. The molecule has 0 radical (unpaired) electrons. The summed E-state index contributed by atoms with van der Waals surface area (Å²) in [6, 6.07) is 9.31. The zero-order valence-electron chi connectivity index (χ0n) is 13.4. The number of nitrogens with one attached hydrogen (secondary N) is 1. The average molecular weight is 359 g/mol. The Labute approximate surface area is 148 Å². The molecule has 130 valence electrons. The number of rotatable bonds is 5. The average Bonchev–Trinajstić information content (AvgIpc) is 3.30. The molecule has 1 fully saturated rings. The van der Waals surface area contributed by atoms with Crippen LogP contribution in [0.25, 0.3) is 0 Å². The van der Waals surface area contributed by atoms with Gasteiger partial charge >= 0.3 is 0 Å². The quantitative estimate of drug-likeness (QED) is 0.656. The van der Waals surface area contributed by atoms with Crippen LogP contribution in [-0.4, -0.2) is 34.2 Å². The van der Waals surface area contributed by atoms with E-state index in [1.807, 2.05) is 5.38 Å². The number of benzene rings is 1. The maximum atomic E-state index is 12.5. The molecule has 7 nitrogen and oxygen atoms in total. The Morgan fingerprint density at radius 2 is 2.08 bits per heavy atom. The van der Waals surface area contributed by atoms with Crippen LogP contribution in [0.3, 0.4) is 0 Å². The fourth-order valence-electron chi connectivity index (χ4n) is 2.96. The maximum Gasteiger partial charge on any atom is 0.274 e. The van der Waals surface area contributed by atoms with Gasteiger partial charge in [0.2, 0.25) is 5.91 Å². The number of hydrogen-bond acceptors (Lipinski definition) is 5. The van der Waals surface area contributed by atoms with E-state index in [9.17, 15) is 19.7 Å². The molecule has 0 saturated carbocycles. The first kappa shape index (κ1) is 17.1. The summed E-state index contributed by atoms with van der Waals surface area (Å²) >= 11 is 1.35. The number of carbonyl (C=O) groups excluding carboxylic acids is 2. The Hall–Kier alpha value is -2.74. The summed E-state index contributed by atoms with van der Waals surface area (Å²) in [6.07, 6.45) is 1.36. The number of amides is 2. The Kier molecular flexibility index (Phi) is 5.08. The second-order valence-electron chi connectivity index (χ2n) is 5.74.